The number of benzene rings is 1. The molecule has 0 saturated carbocycles. The van der Waals surface area contributed by atoms with Crippen molar-refractivity contribution in [3.05, 3.63) is 29.3 Å². The number of hydrogen-bond donors (Lipinski definition) is 2. The maximum atomic E-state index is 11.2. The normalized spacial score (nSPS) is 11.5. The molecule has 0 aliphatic carbocycles. The SMILES string of the molecule is CC(=O)c1cc(C[C@H]([NH3+])C(C)=O)ccc1O.[Cl-]. The van der Waals surface area contributed by atoms with Crippen LogP contribution >= 0.6 is 0 Å². The Morgan fingerprint density at radius 2 is 1.94 bits per heavy atom. The minimum Gasteiger partial charge on any atom is -1.00 e. The van der Waals surface area contributed by atoms with E-state index in [-0.39, 0.29) is 41.3 Å². The number of Topliss-reactive ketones (excluding diaryl/α,β-unsaturated/α-hetero) is 2. The number of carbonyl (C=O) groups is 2. The lowest BCUT2D eigenvalue weighted by Gasteiger charge is -2.07. The summed E-state index contributed by atoms with van der Waals surface area (Å²) in [6, 6.07) is 4.46. The summed E-state index contributed by atoms with van der Waals surface area (Å²) in [6.45, 7) is 2.88. The number of phenols is 1. The molecule has 1 aromatic rings. The molecule has 17 heavy (non-hydrogen) atoms. The molecule has 1 atom stereocenters. The fraction of sp³-hybridized carbons (Fsp3) is 0.333. The highest BCUT2D eigenvalue weighted by atomic mass is 35.5. The fourth-order valence-corrected chi connectivity index (χ4v) is 1.42. The van der Waals surface area contributed by atoms with E-state index in [1.165, 1.54) is 19.9 Å². The minimum absolute atomic E-state index is 0. The van der Waals surface area contributed by atoms with Gasteiger partial charge in [0.05, 0.1) is 5.56 Å². The van der Waals surface area contributed by atoms with Crippen LogP contribution in [0, 0.1) is 0 Å². The first-order valence-electron chi connectivity index (χ1n) is 5.08. The second kappa shape index (κ2) is 6.37. The molecule has 0 spiro atoms. The molecule has 0 bridgehead atoms. The zero-order valence-electron chi connectivity index (χ0n) is 9.87. The van der Waals surface area contributed by atoms with Gasteiger partial charge in [0.15, 0.2) is 11.6 Å². The predicted molar refractivity (Wildman–Crippen MR) is 59.2 cm³/mol. The molecule has 0 aliphatic heterocycles. The Balaban J connectivity index is 0.00000256. The van der Waals surface area contributed by atoms with Gasteiger partial charge in [-0.05, 0) is 24.6 Å². The van der Waals surface area contributed by atoms with Gasteiger partial charge in [0, 0.05) is 13.3 Å². The number of halogens is 1. The Morgan fingerprint density at radius 1 is 1.35 bits per heavy atom. The number of rotatable bonds is 4. The molecule has 1 aromatic carbocycles. The van der Waals surface area contributed by atoms with Crippen LogP contribution < -0.4 is 18.1 Å². The highest BCUT2D eigenvalue weighted by molar-refractivity contribution is 5.96. The van der Waals surface area contributed by atoms with Gasteiger partial charge in [-0.25, -0.2) is 0 Å². The molecule has 0 aliphatic rings. The average Bonchev–Trinajstić information content (AvgIpc) is 2.20. The first-order valence-corrected chi connectivity index (χ1v) is 5.08. The first-order chi connectivity index (χ1) is 7.41. The van der Waals surface area contributed by atoms with Crippen LogP contribution in [0.4, 0.5) is 0 Å². The van der Waals surface area contributed by atoms with Crippen molar-refractivity contribution < 1.29 is 32.8 Å². The third kappa shape index (κ3) is 4.17. The molecule has 1 rings (SSSR count). The van der Waals surface area contributed by atoms with Crippen LogP contribution in [-0.2, 0) is 11.2 Å². The fourth-order valence-electron chi connectivity index (χ4n) is 1.42. The van der Waals surface area contributed by atoms with E-state index >= 15 is 0 Å². The third-order valence-corrected chi connectivity index (χ3v) is 2.50. The molecule has 5 heteroatoms. The van der Waals surface area contributed by atoms with Gasteiger partial charge in [0.25, 0.3) is 0 Å². The standard InChI is InChI=1S/C12H15NO3.ClH/c1-7(14)10-5-9(3-4-12(10)16)6-11(13)8(2)15;/h3-5,11,16H,6,13H2,1-2H3;1H/t11-;/m0./s1. The van der Waals surface area contributed by atoms with Crippen molar-refractivity contribution >= 4 is 11.6 Å². The summed E-state index contributed by atoms with van der Waals surface area (Å²) < 4.78 is 0. The van der Waals surface area contributed by atoms with Gasteiger partial charge in [-0.1, -0.05) is 6.07 Å². The zero-order valence-corrected chi connectivity index (χ0v) is 10.6. The van der Waals surface area contributed by atoms with Gasteiger partial charge in [-0.15, -0.1) is 0 Å². The van der Waals surface area contributed by atoms with Crippen LogP contribution in [0.1, 0.15) is 29.8 Å². The van der Waals surface area contributed by atoms with Gasteiger partial charge >= 0.3 is 0 Å². The summed E-state index contributed by atoms with van der Waals surface area (Å²) in [4.78, 5) is 22.3. The molecular formula is C12H16ClNO3. The molecule has 4 N–H and O–H groups in total. The van der Waals surface area contributed by atoms with Crippen LogP contribution in [0.2, 0.25) is 0 Å². The lowest BCUT2D eigenvalue weighted by Crippen LogP contribution is -3.00. The second-order valence-corrected chi connectivity index (χ2v) is 3.92. The first kappa shape index (κ1) is 15.6. The van der Waals surface area contributed by atoms with Gasteiger partial charge in [0.1, 0.15) is 11.8 Å². The van der Waals surface area contributed by atoms with Gasteiger partial charge in [-0.2, -0.15) is 0 Å². The van der Waals surface area contributed by atoms with E-state index in [0.29, 0.717) is 6.42 Å². The Kier molecular flexibility index (Phi) is 5.85. The second-order valence-electron chi connectivity index (χ2n) is 3.92. The minimum atomic E-state index is -0.315. The van der Waals surface area contributed by atoms with Crippen molar-refractivity contribution in [3.8, 4) is 5.75 Å². The molecule has 0 radical (unpaired) electrons. The highest BCUT2D eigenvalue weighted by Crippen LogP contribution is 2.19. The Morgan fingerprint density at radius 3 is 2.41 bits per heavy atom. The summed E-state index contributed by atoms with van der Waals surface area (Å²) in [5.74, 6) is -0.208. The number of carbonyl (C=O) groups excluding carboxylic acids is 2. The quantitative estimate of drug-likeness (QED) is 0.578. The average molecular weight is 258 g/mol. The van der Waals surface area contributed by atoms with Gasteiger partial charge in [-0.3, -0.25) is 9.59 Å². The molecule has 0 aromatic heterocycles. The van der Waals surface area contributed by atoms with E-state index < -0.39 is 0 Å². The molecule has 0 unspecified atom stereocenters. The molecule has 0 fully saturated rings. The van der Waals surface area contributed by atoms with Crippen molar-refractivity contribution in [3.63, 3.8) is 0 Å². The Hall–Kier alpha value is -1.39. The summed E-state index contributed by atoms with van der Waals surface area (Å²) in [7, 11) is 0. The number of hydrogen-bond acceptors (Lipinski definition) is 3. The van der Waals surface area contributed by atoms with Crippen molar-refractivity contribution in [1.82, 2.24) is 0 Å². The topological polar surface area (TPSA) is 82.0 Å². The van der Waals surface area contributed by atoms with Crippen LogP contribution in [0.5, 0.6) is 5.75 Å². The molecule has 0 amide bonds. The summed E-state index contributed by atoms with van der Waals surface area (Å²) in [5.41, 5.74) is 4.85. The van der Waals surface area contributed by atoms with Crippen LogP contribution in [0.15, 0.2) is 18.2 Å². The smallest absolute Gasteiger partial charge is 0.187 e. The summed E-state index contributed by atoms with van der Waals surface area (Å²) >= 11 is 0. The van der Waals surface area contributed by atoms with E-state index in [1.807, 2.05) is 0 Å². The van der Waals surface area contributed by atoms with Crippen molar-refractivity contribution in [2.24, 2.45) is 0 Å². The number of ketones is 2. The van der Waals surface area contributed by atoms with Gasteiger partial charge in [0.2, 0.25) is 0 Å². The monoisotopic (exact) mass is 257 g/mol. The third-order valence-electron chi connectivity index (χ3n) is 2.50. The van der Waals surface area contributed by atoms with E-state index in [9.17, 15) is 14.7 Å². The maximum Gasteiger partial charge on any atom is 0.187 e. The van der Waals surface area contributed by atoms with Crippen molar-refractivity contribution in [2.45, 2.75) is 26.3 Å². The molecule has 4 nitrogen and oxygen atoms in total. The Bertz CT molecular complexity index is 432. The largest absolute Gasteiger partial charge is 1.00 e. The van der Waals surface area contributed by atoms with Gasteiger partial charge < -0.3 is 23.2 Å². The van der Waals surface area contributed by atoms with Crippen LogP contribution in [-0.4, -0.2) is 22.7 Å². The number of phenolic OH excluding ortho intramolecular Hbond substituents is 1. The van der Waals surface area contributed by atoms with E-state index in [1.54, 1.807) is 12.1 Å². The lowest BCUT2D eigenvalue weighted by molar-refractivity contribution is -0.402. The number of quaternary nitrogens is 1. The lowest BCUT2D eigenvalue weighted by atomic mass is 10.00. The van der Waals surface area contributed by atoms with E-state index in [0.717, 1.165) is 5.56 Å². The van der Waals surface area contributed by atoms with Crippen LogP contribution in [0.25, 0.3) is 0 Å². The summed E-state index contributed by atoms with van der Waals surface area (Å²) in [6.07, 6.45) is 0.482. The van der Waals surface area contributed by atoms with Crippen molar-refractivity contribution in [1.29, 1.82) is 0 Å². The maximum absolute atomic E-state index is 11.2. The Labute approximate surface area is 106 Å². The van der Waals surface area contributed by atoms with Crippen LogP contribution in [0.3, 0.4) is 0 Å². The van der Waals surface area contributed by atoms with E-state index in [4.69, 9.17) is 0 Å². The highest BCUT2D eigenvalue weighted by Gasteiger charge is 2.14. The molecule has 94 valence electrons. The molecule has 0 heterocycles. The predicted octanol–water partition coefficient (Wildman–Crippen LogP) is -2.66. The summed E-state index contributed by atoms with van der Waals surface area (Å²) in [5, 5.41) is 9.45. The molecule has 0 saturated heterocycles. The zero-order chi connectivity index (χ0) is 12.3. The molecular weight excluding hydrogens is 242 g/mol. The number of aromatic hydroxyl groups is 1. The van der Waals surface area contributed by atoms with E-state index in [2.05, 4.69) is 5.73 Å². The van der Waals surface area contributed by atoms with Crippen molar-refractivity contribution in [2.75, 3.05) is 0 Å².